The van der Waals surface area contributed by atoms with Crippen molar-refractivity contribution in [3.05, 3.63) is 40.9 Å². The van der Waals surface area contributed by atoms with Crippen molar-refractivity contribution in [3.63, 3.8) is 0 Å². The van der Waals surface area contributed by atoms with E-state index in [1.54, 1.807) is 11.3 Å². The summed E-state index contributed by atoms with van der Waals surface area (Å²) in [4.78, 5) is 19.3. The molecule has 3 heterocycles. The van der Waals surface area contributed by atoms with Crippen LogP contribution in [0.2, 0.25) is 0 Å². The summed E-state index contributed by atoms with van der Waals surface area (Å²) >= 11 is 1.65. The number of aromatic nitrogens is 1. The maximum absolute atomic E-state index is 12.8. The highest BCUT2D eigenvalue weighted by molar-refractivity contribution is 7.18. The number of thiazole rings is 1. The molecular formula is C16H16N2OS. The highest BCUT2D eigenvalue weighted by Gasteiger charge is 2.37. The Hall–Kier alpha value is -1.68. The van der Waals surface area contributed by atoms with Gasteiger partial charge in [0.25, 0.3) is 5.91 Å². The summed E-state index contributed by atoms with van der Waals surface area (Å²) < 4.78 is 1.10. The van der Waals surface area contributed by atoms with Gasteiger partial charge in [-0.15, -0.1) is 11.3 Å². The van der Waals surface area contributed by atoms with Crippen LogP contribution in [0, 0.1) is 6.92 Å². The molecular weight excluding hydrogens is 268 g/mol. The zero-order valence-corrected chi connectivity index (χ0v) is 12.2. The van der Waals surface area contributed by atoms with Gasteiger partial charge in [0.15, 0.2) is 0 Å². The highest BCUT2D eigenvalue weighted by atomic mass is 32.1. The Morgan fingerprint density at radius 3 is 3.15 bits per heavy atom. The lowest BCUT2D eigenvalue weighted by atomic mass is 10.1. The van der Waals surface area contributed by atoms with E-state index in [1.165, 1.54) is 0 Å². The van der Waals surface area contributed by atoms with Crippen molar-refractivity contribution in [1.29, 1.82) is 0 Å². The van der Waals surface area contributed by atoms with Gasteiger partial charge >= 0.3 is 0 Å². The Bertz CT molecular complexity index is 718. The number of rotatable bonds is 1. The Labute approximate surface area is 121 Å². The van der Waals surface area contributed by atoms with E-state index in [9.17, 15) is 4.79 Å². The fraction of sp³-hybridized carbons (Fsp3) is 0.375. The molecule has 1 saturated heterocycles. The van der Waals surface area contributed by atoms with E-state index in [4.69, 9.17) is 0 Å². The molecule has 20 heavy (non-hydrogen) atoms. The molecule has 1 aromatic heterocycles. The molecule has 4 heteroatoms. The standard InChI is InChI=1S/C16H16N2OS/c1-10-17-14-8-5-11(9-15(14)20-10)16(19)18-12-3-2-4-13(18)7-6-12/h2-3,5,8-9,12-13H,4,6-7H2,1H3. The summed E-state index contributed by atoms with van der Waals surface area (Å²) in [6.45, 7) is 2.00. The number of benzene rings is 1. The summed E-state index contributed by atoms with van der Waals surface area (Å²) in [5.74, 6) is 0.176. The Morgan fingerprint density at radius 1 is 1.40 bits per heavy atom. The minimum atomic E-state index is 0.176. The third kappa shape index (κ3) is 1.79. The smallest absolute Gasteiger partial charge is 0.254 e. The largest absolute Gasteiger partial charge is 0.329 e. The summed E-state index contributed by atoms with van der Waals surface area (Å²) in [6, 6.07) is 6.59. The topological polar surface area (TPSA) is 33.2 Å². The molecule has 0 saturated carbocycles. The zero-order chi connectivity index (χ0) is 13.7. The fourth-order valence-corrected chi connectivity index (χ4v) is 4.23. The van der Waals surface area contributed by atoms with Crippen LogP contribution in [0.25, 0.3) is 10.2 Å². The van der Waals surface area contributed by atoms with Crippen molar-refractivity contribution in [1.82, 2.24) is 9.88 Å². The minimum Gasteiger partial charge on any atom is -0.329 e. The number of nitrogens with zero attached hydrogens (tertiary/aromatic N) is 2. The molecule has 2 aliphatic heterocycles. The summed E-state index contributed by atoms with van der Waals surface area (Å²) in [5, 5.41) is 1.05. The molecule has 0 N–H and O–H groups in total. The second kappa shape index (κ2) is 4.42. The molecule has 0 radical (unpaired) electrons. The predicted octanol–water partition coefficient (Wildman–Crippen LogP) is 3.54. The molecule has 2 bridgehead atoms. The first kappa shape index (κ1) is 12.1. The first-order chi connectivity index (χ1) is 9.72. The number of carbonyl (C=O) groups excluding carboxylic acids is 1. The first-order valence-electron chi connectivity index (χ1n) is 7.09. The van der Waals surface area contributed by atoms with Gasteiger partial charge < -0.3 is 4.90 Å². The average Bonchev–Trinajstić information content (AvgIpc) is 2.93. The highest BCUT2D eigenvalue weighted by Crippen LogP contribution is 2.33. The van der Waals surface area contributed by atoms with Gasteiger partial charge in [-0.3, -0.25) is 4.79 Å². The third-order valence-electron chi connectivity index (χ3n) is 4.29. The van der Waals surface area contributed by atoms with Crippen LogP contribution in [0.3, 0.4) is 0 Å². The molecule has 1 amide bonds. The Morgan fingerprint density at radius 2 is 2.30 bits per heavy atom. The minimum absolute atomic E-state index is 0.176. The first-order valence-corrected chi connectivity index (χ1v) is 7.90. The molecule has 2 unspecified atom stereocenters. The van der Waals surface area contributed by atoms with E-state index < -0.39 is 0 Å². The van der Waals surface area contributed by atoms with Crippen LogP contribution in [-0.2, 0) is 0 Å². The van der Waals surface area contributed by atoms with Crippen molar-refractivity contribution in [2.24, 2.45) is 0 Å². The summed E-state index contributed by atoms with van der Waals surface area (Å²) in [6.07, 6.45) is 7.66. The van der Waals surface area contributed by atoms with Crippen LogP contribution in [-0.4, -0.2) is 27.9 Å². The number of carbonyl (C=O) groups is 1. The van der Waals surface area contributed by atoms with Gasteiger partial charge in [0.1, 0.15) is 0 Å². The molecule has 1 fully saturated rings. The molecule has 2 aromatic rings. The molecule has 2 atom stereocenters. The number of hydrogen-bond acceptors (Lipinski definition) is 3. The van der Waals surface area contributed by atoms with Crippen LogP contribution in [0.4, 0.5) is 0 Å². The van der Waals surface area contributed by atoms with Crippen molar-refractivity contribution < 1.29 is 4.79 Å². The fourth-order valence-electron chi connectivity index (χ4n) is 3.36. The van der Waals surface area contributed by atoms with Crippen LogP contribution in [0.1, 0.15) is 34.6 Å². The molecule has 102 valence electrons. The van der Waals surface area contributed by atoms with Gasteiger partial charge in [-0.1, -0.05) is 12.2 Å². The van der Waals surface area contributed by atoms with E-state index in [0.717, 1.165) is 40.1 Å². The van der Waals surface area contributed by atoms with Crippen LogP contribution in [0.5, 0.6) is 0 Å². The van der Waals surface area contributed by atoms with Crippen molar-refractivity contribution in [2.45, 2.75) is 38.3 Å². The number of fused-ring (bicyclic) bond motifs is 3. The monoisotopic (exact) mass is 284 g/mol. The number of amides is 1. The van der Waals surface area contributed by atoms with Crippen LogP contribution >= 0.6 is 11.3 Å². The normalized spacial score (nSPS) is 24.6. The lowest BCUT2D eigenvalue weighted by molar-refractivity contribution is 0.0689. The molecule has 3 nitrogen and oxygen atoms in total. The quantitative estimate of drug-likeness (QED) is 0.750. The molecule has 2 aliphatic rings. The number of hydrogen-bond donors (Lipinski definition) is 0. The molecule has 0 aliphatic carbocycles. The maximum Gasteiger partial charge on any atom is 0.254 e. The van der Waals surface area contributed by atoms with Gasteiger partial charge in [0, 0.05) is 11.6 Å². The van der Waals surface area contributed by atoms with E-state index in [0.29, 0.717) is 12.1 Å². The van der Waals surface area contributed by atoms with Gasteiger partial charge in [0.2, 0.25) is 0 Å². The second-order valence-corrected chi connectivity index (χ2v) is 6.82. The van der Waals surface area contributed by atoms with Crippen LogP contribution < -0.4 is 0 Å². The Kier molecular flexibility index (Phi) is 2.67. The van der Waals surface area contributed by atoms with E-state index in [-0.39, 0.29) is 5.91 Å². The Balaban J connectivity index is 1.71. The van der Waals surface area contributed by atoms with Gasteiger partial charge in [-0.25, -0.2) is 4.98 Å². The molecule has 4 rings (SSSR count). The molecule has 1 aromatic carbocycles. The second-order valence-electron chi connectivity index (χ2n) is 5.59. The van der Waals surface area contributed by atoms with E-state index in [1.807, 2.05) is 25.1 Å². The maximum atomic E-state index is 12.8. The number of aryl methyl sites for hydroxylation is 1. The van der Waals surface area contributed by atoms with Gasteiger partial charge in [-0.2, -0.15) is 0 Å². The van der Waals surface area contributed by atoms with Crippen molar-refractivity contribution in [3.8, 4) is 0 Å². The summed E-state index contributed by atoms with van der Waals surface area (Å²) in [5.41, 5.74) is 1.79. The van der Waals surface area contributed by atoms with E-state index >= 15 is 0 Å². The van der Waals surface area contributed by atoms with Crippen molar-refractivity contribution in [2.75, 3.05) is 0 Å². The predicted molar refractivity (Wildman–Crippen MR) is 81.1 cm³/mol. The van der Waals surface area contributed by atoms with Gasteiger partial charge in [0.05, 0.1) is 21.3 Å². The van der Waals surface area contributed by atoms with Crippen molar-refractivity contribution >= 4 is 27.5 Å². The SMILES string of the molecule is Cc1nc2ccc(C(=O)N3C4C=CCC3CC4)cc2s1. The third-order valence-corrected chi connectivity index (χ3v) is 5.22. The van der Waals surface area contributed by atoms with Crippen LogP contribution in [0.15, 0.2) is 30.4 Å². The summed E-state index contributed by atoms with van der Waals surface area (Å²) in [7, 11) is 0. The average molecular weight is 284 g/mol. The lowest BCUT2D eigenvalue weighted by Gasteiger charge is -2.31. The zero-order valence-electron chi connectivity index (χ0n) is 11.4. The van der Waals surface area contributed by atoms with Gasteiger partial charge in [-0.05, 0) is 44.4 Å². The lowest BCUT2D eigenvalue weighted by Crippen LogP contribution is -2.42. The molecule has 0 spiro atoms. The van der Waals surface area contributed by atoms with E-state index in [2.05, 4.69) is 22.0 Å².